The number of aromatic nitrogens is 2. The second-order valence-electron chi connectivity index (χ2n) is 3.58. The monoisotopic (exact) mass is 256 g/mol. The molecule has 4 nitrogen and oxygen atoms in total. The van der Waals surface area contributed by atoms with Gasteiger partial charge in [-0.1, -0.05) is 11.6 Å². The molecule has 16 heavy (non-hydrogen) atoms. The molecule has 0 saturated heterocycles. The number of aryl methyl sites for hydroxylation is 2. The van der Waals surface area contributed by atoms with Gasteiger partial charge in [0.1, 0.15) is 0 Å². The number of hydrogen-bond acceptors (Lipinski definition) is 4. The summed E-state index contributed by atoms with van der Waals surface area (Å²) in [5.41, 5.74) is 4.79. The van der Waals surface area contributed by atoms with Gasteiger partial charge >= 0.3 is 0 Å². The van der Waals surface area contributed by atoms with E-state index in [9.17, 15) is 0 Å². The standard InChI is InChI=1S/C10H13ClN4S/c1-6-7(5-15(2)14-6)9(13-12)10-8(11)3-4-16-10/h3-5,9,13H,12H2,1-2H3. The van der Waals surface area contributed by atoms with Crippen LogP contribution in [0.4, 0.5) is 0 Å². The third kappa shape index (κ3) is 1.99. The lowest BCUT2D eigenvalue weighted by atomic mass is 10.1. The van der Waals surface area contributed by atoms with Crippen LogP contribution in [0.5, 0.6) is 0 Å². The summed E-state index contributed by atoms with van der Waals surface area (Å²) in [4.78, 5) is 1.01. The highest BCUT2D eigenvalue weighted by Crippen LogP contribution is 2.33. The Morgan fingerprint density at radius 3 is 2.81 bits per heavy atom. The van der Waals surface area contributed by atoms with E-state index in [1.807, 2.05) is 31.6 Å². The molecule has 1 atom stereocenters. The van der Waals surface area contributed by atoms with Crippen molar-refractivity contribution in [1.82, 2.24) is 15.2 Å². The van der Waals surface area contributed by atoms with Crippen molar-refractivity contribution in [2.24, 2.45) is 12.9 Å². The Hall–Kier alpha value is -0.880. The number of hydrogen-bond donors (Lipinski definition) is 2. The Morgan fingerprint density at radius 1 is 1.62 bits per heavy atom. The summed E-state index contributed by atoms with van der Waals surface area (Å²) in [5, 5.41) is 6.99. The third-order valence-corrected chi connectivity index (χ3v) is 3.86. The van der Waals surface area contributed by atoms with Crippen LogP contribution in [0.2, 0.25) is 5.02 Å². The van der Waals surface area contributed by atoms with E-state index in [1.54, 1.807) is 16.0 Å². The van der Waals surface area contributed by atoms with Crippen LogP contribution in [0.15, 0.2) is 17.6 Å². The molecule has 0 bridgehead atoms. The number of nitrogens with two attached hydrogens (primary N) is 1. The zero-order valence-electron chi connectivity index (χ0n) is 9.07. The summed E-state index contributed by atoms with van der Waals surface area (Å²) < 4.78 is 1.77. The molecule has 0 saturated carbocycles. The van der Waals surface area contributed by atoms with E-state index < -0.39 is 0 Å². The van der Waals surface area contributed by atoms with E-state index in [4.69, 9.17) is 17.4 Å². The van der Waals surface area contributed by atoms with Crippen molar-refractivity contribution in [3.8, 4) is 0 Å². The van der Waals surface area contributed by atoms with E-state index in [1.165, 1.54) is 0 Å². The first-order chi connectivity index (χ1) is 7.63. The maximum Gasteiger partial charge on any atom is 0.0850 e. The second kappa shape index (κ2) is 4.55. The van der Waals surface area contributed by atoms with Crippen LogP contribution >= 0.6 is 22.9 Å². The summed E-state index contributed by atoms with van der Waals surface area (Å²) in [6.45, 7) is 1.96. The minimum Gasteiger partial charge on any atom is -0.275 e. The minimum atomic E-state index is -0.0961. The molecule has 0 aliphatic rings. The van der Waals surface area contributed by atoms with Gasteiger partial charge in [0.05, 0.1) is 16.8 Å². The maximum absolute atomic E-state index is 6.11. The Kier molecular flexibility index (Phi) is 3.30. The van der Waals surface area contributed by atoms with Crippen LogP contribution in [0, 0.1) is 6.92 Å². The zero-order chi connectivity index (χ0) is 11.7. The highest BCUT2D eigenvalue weighted by Gasteiger charge is 2.20. The molecule has 86 valence electrons. The molecule has 2 heterocycles. The van der Waals surface area contributed by atoms with Gasteiger partial charge in [-0.2, -0.15) is 5.10 Å². The first-order valence-corrected chi connectivity index (χ1v) is 6.08. The molecule has 0 radical (unpaired) electrons. The van der Waals surface area contributed by atoms with Crippen molar-refractivity contribution in [2.75, 3.05) is 0 Å². The predicted octanol–water partition coefficient (Wildman–Crippen LogP) is 2.00. The van der Waals surface area contributed by atoms with Crippen LogP contribution in [0.3, 0.4) is 0 Å². The molecule has 0 amide bonds. The Bertz CT molecular complexity index is 491. The molecular weight excluding hydrogens is 244 g/mol. The van der Waals surface area contributed by atoms with E-state index in [0.29, 0.717) is 0 Å². The Morgan fingerprint density at radius 2 is 2.38 bits per heavy atom. The number of halogens is 1. The van der Waals surface area contributed by atoms with Gasteiger partial charge in [0.25, 0.3) is 0 Å². The molecule has 2 aromatic rings. The van der Waals surface area contributed by atoms with Crippen molar-refractivity contribution in [2.45, 2.75) is 13.0 Å². The third-order valence-electron chi connectivity index (χ3n) is 2.44. The van der Waals surface area contributed by atoms with Gasteiger partial charge in [-0.25, -0.2) is 5.43 Å². The van der Waals surface area contributed by atoms with Crippen LogP contribution in [-0.2, 0) is 7.05 Å². The van der Waals surface area contributed by atoms with Crippen LogP contribution in [0.25, 0.3) is 0 Å². The highest BCUT2D eigenvalue weighted by atomic mass is 35.5. The van der Waals surface area contributed by atoms with Crippen molar-refractivity contribution < 1.29 is 0 Å². The van der Waals surface area contributed by atoms with Gasteiger partial charge in [-0.15, -0.1) is 11.3 Å². The molecular formula is C10H13ClN4S. The molecule has 0 fully saturated rings. The fourth-order valence-electron chi connectivity index (χ4n) is 1.72. The molecule has 3 N–H and O–H groups in total. The van der Waals surface area contributed by atoms with Gasteiger partial charge in [0, 0.05) is 23.7 Å². The smallest absolute Gasteiger partial charge is 0.0850 e. The molecule has 2 rings (SSSR count). The first kappa shape index (κ1) is 11.6. The molecule has 6 heteroatoms. The SMILES string of the molecule is Cc1nn(C)cc1C(NN)c1sccc1Cl. The highest BCUT2D eigenvalue weighted by molar-refractivity contribution is 7.10. The number of nitrogens with zero attached hydrogens (tertiary/aromatic N) is 2. The average molecular weight is 257 g/mol. The van der Waals surface area contributed by atoms with Gasteiger partial charge in [0.2, 0.25) is 0 Å². The summed E-state index contributed by atoms with van der Waals surface area (Å²) in [6.07, 6.45) is 1.95. The average Bonchev–Trinajstić information content (AvgIpc) is 2.77. The van der Waals surface area contributed by atoms with Crippen LogP contribution < -0.4 is 11.3 Å². The van der Waals surface area contributed by atoms with Crippen molar-refractivity contribution in [3.63, 3.8) is 0 Å². The van der Waals surface area contributed by atoms with Gasteiger partial charge in [-0.3, -0.25) is 10.5 Å². The van der Waals surface area contributed by atoms with E-state index >= 15 is 0 Å². The predicted molar refractivity (Wildman–Crippen MR) is 66.4 cm³/mol. The maximum atomic E-state index is 6.11. The van der Waals surface area contributed by atoms with Gasteiger partial charge in [0.15, 0.2) is 0 Å². The molecule has 0 aliphatic carbocycles. The first-order valence-electron chi connectivity index (χ1n) is 4.82. The molecule has 0 spiro atoms. The number of rotatable bonds is 3. The second-order valence-corrected chi connectivity index (χ2v) is 4.93. The quantitative estimate of drug-likeness (QED) is 0.652. The fourth-order valence-corrected chi connectivity index (χ4v) is 2.96. The van der Waals surface area contributed by atoms with Crippen molar-refractivity contribution >= 4 is 22.9 Å². The van der Waals surface area contributed by atoms with Crippen LogP contribution in [0.1, 0.15) is 22.2 Å². The van der Waals surface area contributed by atoms with Crippen LogP contribution in [-0.4, -0.2) is 9.78 Å². The van der Waals surface area contributed by atoms with Gasteiger partial charge < -0.3 is 0 Å². The molecule has 2 aromatic heterocycles. The van der Waals surface area contributed by atoms with E-state index in [-0.39, 0.29) is 6.04 Å². The fraction of sp³-hybridized carbons (Fsp3) is 0.300. The summed E-state index contributed by atoms with van der Waals surface area (Å²) in [7, 11) is 1.89. The normalized spacial score (nSPS) is 13.0. The topological polar surface area (TPSA) is 55.9 Å². The Balaban J connectivity index is 2.44. The lowest BCUT2D eigenvalue weighted by Gasteiger charge is -2.13. The minimum absolute atomic E-state index is 0.0961. The lowest BCUT2D eigenvalue weighted by Crippen LogP contribution is -2.28. The number of thiophene rings is 1. The number of nitrogens with one attached hydrogen (secondary N) is 1. The number of hydrazine groups is 1. The summed E-state index contributed by atoms with van der Waals surface area (Å²) in [5.74, 6) is 5.60. The van der Waals surface area contributed by atoms with Gasteiger partial charge in [-0.05, 0) is 18.4 Å². The molecule has 0 aromatic carbocycles. The van der Waals surface area contributed by atoms with E-state index in [2.05, 4.69) is 10.5 Å². The molecule has 1 unspecified atom stereocenters. The Labute approximate surface area is 103 Å². The zero-order valence-corrected chi connectivity index (χ0v) is 10.6. The summed E-state index contributed by atoms with van der Waals surface area (Å²) >= 11 is 7.69. The summed E-state index contributed by atoms with van der Waals surface area (Å²) in [6, 6.07) is 1.78. The lowest BCUT2D eigenvalue weighted by molar-refractivity contribution is 0.643. The van der Waals surface area contributed by atoms with Crippen molar-refractivity contribution in [3.05, 3.63) is 38.8 Å². The molecule has 0 aliphatic heterocycles. The van der Waals surface area contributed by atoms with Crippen molar-refractivity contribution in [1.29, 1.82) is 0 Å². The largest absolute Gasteiger partial charge is 0.275 e. The van der Waals surface area contributed by atoms with E-state index in [0.717, 1.165) is 21.2 Å².